The van der Waals surface area contributed by atoms with Crippen LogP contribution in [0.3, 0.4) is 0 Å². The maximum Gasteiger partial charge on any atom is 0.258 e. The predicted octanol–water partition coefficient (Wildman–Crippen LogP) is 4.70. The van der Waals surface area contributed by atoms with Gasteiger partial charge in [0.1, 0.15) is 10.2 Å². The number of carbonyl (C=O) groups is 1. The summed E-state index contributed by atoms with van der Waals surface area (Å²) in [6, 6.07) is 3.90. The normalized spacial score (nSPS) is 14.2. The first-order chi connectivity index (χ1) is 16.5. The fourth-order valence-corrected chi connectivity index (χ4v) is 5.45. The van der Waals surface area contributed by atoms with E-state index in [2.05, 4.69) is 9.55 Å². The second kappa shape index (κ2) is 10.6. The van der Waals surface area contributed by atoms with Crippen molar-refractivity contribution >= 4 is 28.8 Å². The molecule has 1 fully saturated rings. The highest BCUT2D eigenvalue weighted by molar-refractivity contribution is 7.15. The van der Waals surface area contributed by atoms with E-state index < -0.39 is 0 Å². The van der Waals surface area contributed by atoms with Crippen molar-refractivity contribution in [3.05, 3.63) is 51.2 Å². The number of thiophene rings is 1. The number of benzene rings is 1. The zero-order valence-corrected chi connectivity index (χ0v) is 21.2. The second-order valence-corrected chi connectivity index (χ2v) is 9.45. The molecule has 0 unspecified atom stereocenters. The smallest absolute Gasteiger partial charge is 0.258 e. The van der Waals surface area contributed by atoms with Crippen molar-refractivity contribution in [3.63, 3.8) is 0 Å². The molecule has 0 N–H and O–H groups in total. The van der Waals surface area contributed by atoms with Crippen LogP contribution in [0.4, 0.5) is 0 Å². The van der Waals surface area contributed by atoms with Gasteiger partial charge in [0.05, 0.1) is 34.0 Å². The van der Waals surface area contributed by atoms with Crippen LogP contribution in [0.5, 0.6) is 23.0 Å². The molecule has 1 aliphatic heterocycles. The third kappa shape index (κ3) is 4.67. The molecule has 182 valence electrons. The molecular weight excluding hydrogens is 478 g/mol. The summed E-state index contributed by atoms with van der Waals surface area (Å²) in [4.78, 5) is 19.5. The fraction of sp³-hybridized carbons (Fsp3) is 0.417. The number of hydrogen-bond acceptors (Lipinski definition) is 7. The number of amides is 1. The Balaban J connectivity index is 1.47. The Labute approximate surface area is 208 Å². The molecule has 1 saturated heterocycles. The lowest BCUT2D eigenvalue weighted by Crippen LogP contribution is -2.38. The summed E-state index contributed by atoms with van der Waals surface area (Å²) in [6.45, 7) is 1.92. The molecule has 0 atom stereocenters. The number of methoxy groups -OCH3 is 4. The molecule has 3 heterocycles. The van der Waals surface area contributed by atoms with Crippen LogP contribution in [0.25, 0.3) is 0 Å². The molecule has 4 rings (SSSR count). The number of aromatic nitrogens is 2. The highest BCUT2D eigenvalue weighted by Gasteiger charge is 2.29. The number of imidazole rings is 1. The molecule has 34 heavy (non-hydrogen) atoms. The van der Waals surface area contributed by atoms with E-state index in [4.69, 9.17) is 30.5 Å². The first-order valence-electron chi connectivity index (χ1n) is 10.9. The summed E-state index contributed by atoms with van der Waals surface area (Å²) in [7, 11) is 6.34. The van der Waals surface area contributed by atoms with Gasteiger partial charge in [-0.1, -0.05) is 11.6 Å². The largest absolute Gasteiger partial charge is 0.493 e. The van der Waals surface area contributed by atoms with Gasteiger partial charge in [0.25, 0.3) is 5.91 Å². The molecular formula is C24H28ClN3O5S. The van der Waals surface area contributed by atoms with E-state index in [-0.39, 0.29) is 11.8 Å². The molecule has 0 radical (unpaired) electrons. The molecule has 1 aromatic carbocycles. The van der Waals surface area contributed by atoms with Gasteiger partial charge in [-0.2, -0.15) is 0 Å². The van der Waals surface area contributed by atoms with Crippen molar-refractivity contribution in [1.82, 2.24) is 14.5 Å². The highest BCUT2D eigenvalue weighted by atomic mass is 35.5. The van der Waals surface area contributed by atoms with Crippen LogP contribution in [0.15, 0.2) is 29.9 Å². The molecule has 0 spiro atoms. The van der Waals surface area contributed by atoms with E-state index in [1.54, 1.807) is 26.7 Å². The first kappa shape index (κ1) is 24.2. The lowest BCUT2D eigenvalue weighted by atomic mass is 9.95. The number of ether oxygens (including phenoxy) is 4. The number of piperidine rings is 1. The maximum absolute atomic E-state index is 13.0. The van der Waals surface area contributed by atoms with Gasteiger partial charge < -0.3 is 28.4 Å². The van der Waals surface area contributed by atoms with Crippen LogP contribution in [0.2, 0.25) is 4.34 Å². The summed E-state index contributed by atoms with van der Waals surface area (Å²) in [5, 5.41) is 1.76. The van der Waals surface area contributed by atoms with Gasteiger partial charge >= 0.3 is 0 Å². The lowest BCUT2D eigenvalue weighted by molar-refractivity contribution is 0.0707. The minimum atomic E-state index is -0.0424. The van der Waals surface area contributed by atoms with Gasteiger partial charge in [-0.05, 0) is 30.5 Å². The molecule has 8 nitrogen and oxygen atoms in total. The topological polar surface area (TPSA) is 75.1 Å². The number of likely N-dealkylation sites (tertiary alicyclic amines) is 1. The third-order valence-electron chi connectivity index (χ3n) is 6.11. The van der Waals surface area contributed by atoms with Crippen LogP contribution < -0.4 is 18.9 Å². The fourth-order valence-electron chi connectivity index (χ4n) is 4.41. The van der Waals surface area contributed by atoms with Gasteiger partial charge in [0, 0.05) is 43.3 Å². The quantitative estimate of drug-likeness (QED) is 0.441. The Morgan fingerprint density at radius 3 is 2.29 bits per heavy atom. The Morgan fingerprint density at radius 1 is 1.06 bits per heavy atom. The van der Waals surface area contributed by atoms with Gasteiger partial charge in [0.2, 0.25) is 5.75 Å². The van der Waals surface area contributed by atoms with Crippen LogP contribution in [-0.2, 0) is 6.54 Å². The van der Waals surface area contributed by atoms with Gasteiger partial charge in [-0.15, -0.1) is 11.3 Å². The number of nitrogens with zero attached hydrogens (tertiary/aromatic N) is 3. The maximum atomic E-state index is 13.0. The molecule has 1 amide bonds. The van der Waals surface area contributed by atoms with E-state index in [0.717, 1.165) is 24.2 Å². The first-order valence-corrected chi connectivity index (χ1v) is 12.2. The van der Waals surface area contributed by atoms with Crippen LogP contribution in [-0.4, -0.2) is 61.9 Å². The molecule has 0 saturated carbocycles. The summed E-state index contributed by atoms with van der Waals surface area (Å²) in [5.74, 6) is 3.49. The number of halogens is 1. The third-order valence-corrected chi connectivity index (χ3v) is 7.30. The molecule has 3 aromatic rings. The molecule has 1 aliphatic rings. The summed E-state index contributed by atoms with van der Waals surface area (Å²) in [6.07, 6.45) is 5.47. The zero-order valence-electron chi connectivity index (χ0n) is 19.7. The molecule has 10 heteroatoms. The van der Waals surface area contributed by atoms with Gasteiger partial charge in [-0.25, -0.2) is 4.98 Å². The Bertz CT molecular complexity index is 1130. The standard InChI is InChI=1S/C24H28ClN3O5S/c1-30-18-11-15(12-19(31-2)21(18)33-4)13-28-10-7-26-23(28)16-5-8-27(9-6-16)24(29)17-14-34-22(25)20(17)32-3/h7,10-12,14,16H,5-6,8-9,13H2,1-4H3. The van der Waals surface area contributed by atoms with Crippen LogP contribution >= 0.6 is 22.9 Å². The summed E-state index contributed by atoms with van der Waals surface area (Å²) in [5.41, 5.74) is 1.54. The minimum absolute atomic E-state index is 0.0424. The zero-order chi connectivity index (χ0) is 24.2. The van der Waals surface area contributed by atoms with Crippen LogP contribution in [0.1, 0.15) is 40.5 Å². The summed E-state index contributed by atoms with van der Waals surface area (Å²) >= 11 is 7.46. The summed E-state index contributed by atoms with van der Waals surface area (Å²) < 4.78 is 24.4. The van der Waals surface area contributed by atoms with E-state index in [0.29, 0.717) is 52.5 Å². The number of carbonyl (C=O) groups excluding carboxylic acids is 1. The Kier molecular flexibility index (Phi) is 7.53. The monoisotopic (exact) mass is 505 g/mol. The van der Waals surface area contributed by atoms with E-state index >= 15 is 0 Å². The van der Waals surface area contributed by atoms with Crippen molar-refractivity contribution in [2.75, 3.05) is 41.5 Å². The Hall–Kier alpha value is -2.91. The second-order valence-electron chi connectivity index (χ2n) is 7.97. The van der Waals surface area contributed by atoms with Crippen molar-refractivity contribution < 1.29 is 23.7 Å². The average Bonchev–Trinajstić information content (AvgIpc) is 3.48. The lowest BCUT2D eigenvalue weighted by Gasteiger charge is -2.32. The van der Waals surface area contributed by atoms with E-state index in [9.17, 15) is 4.79 Å². The highest BCUT2D eigenvalue weighted by Crippen LogP contribution is 2.39. The van der Waals surface area contributed by atoms with Crippen molar-refractivity contribution in [3.8, 4) is 23.0 Å². The number of hydrogen-bond donors (Lipinski definition) is 0. The van der Waals surface area contributed by atoms with E-state index in [1.807, 2.05) is 29.4 Å². The SMILES string of the molecule is COc1cc(Cn2ccnc2C2CCN(C(=O)c3csc(Cl)c3OC)CC2)cc(OC)c1OC. The Morgan fingerprint density at radius 2 is 1.71 bits per heavy atom. The van der Waals surface area contributed by atoms with Crippen molar-refractivity contribution in [1.29, 1.82) is 0 Å². The minimum Gasteiger partial charge on any atom is -0.493 e. The van der Waals surface area contributed by atoms with Crippen molar-refractivity contribution in [2.24, 2.45) is 0 Å². The average molecular weight is 506 g/mol. The van der Waals surface area contributed by atoms with Crippen LogP contribution in [0, 0.1) is 0 Å². The van der Waals surface area contributed by atoms with E-state index in [1.165, 1.54) is 18.4 Å². The van der Waals surface area contributed by atoms with Gasteiger partial charge in [-0.3, -0.25) is 4.79 Å². The van der Waals surface area contributed by atoms with Crippen molar-refractivity contribution in [2.45, 2.75) is 25.3 Å². The molecule has 0 aliphatic carbocycles. The number of rotatable bonds is 8. The predicted molar refractivity (Wildman–Crippen MR) is 131 cm³/mol. The van der Waals surface area contributed by atoms with Gasteiger partial charge in [0.15, 0.2) is 17.2 Å². The molecule has 2 aromatic heterocycles. The molecule has 0 bridgehead atoms.